The van der Waals surface area contributed by atoms with Crippen LogP contribution in [0.2, 0.25) is 5.02 Å². The molecule has 19 heavy (non-hydrogen) atoms. The Morgan fingerprint density at radius 3 is 2.79 bits per heavy atom. The van der Waals surface area contributed by atoms with E-state index < -0.39 is 11.2 Å². The number of nitrogen functional groups attached to an aromatic ring is 1. The number of aromatic amines is 1. The average molecular weight is 282 g/mol. The number of hydrogen-bond acceptors (Lipinski definition) is 4. The molecule has 0 atom stereocenters. The first-order valence-corrected chi connectivity index (χ1v) is 5.80. The maximum Gasteiger partial charge on any atom is 0.328 e. The Morgan fingerprint density at radius 1 is 1.42 bits per heavy atom. The minimum Gasteiger partial charge on any atom is -0.495 e. The summed E-state index contributed by atoms with van der Waals surface area (Å²) < 4.78 is 6.34. The molecule has 0 bridgehead atoms. The SMILES string of the molecule is COc1ccc(Cn2cc(Cl)c(=O)[nH]c2=O)cc1N. The monoisotopic (exact) mass is 281 g/mol. The van der Waals surface area contributed by atoms with Crippen LogP contribution in [0.25, 0.3) is 0 Å². The van der Waals surface area contributed by atoms with Gasteiger partial charge in [0.1, 0.15) is 10.8 Å². The quantitative estimate of drug-likeness (QED) is 0.816. The van der Waals surface area contributed by atoms with Crippen LogP contribution in [0.4, 0.5) is 5.69 Å². The molecule has 0 saturated carbocycles. The number of rotatable bonds is 3. The molecule has 0 aliphatic heterocycles. The third-order valence-corrected chi connectivity index (χ3v) is 2.88. The van der Waals surface area contributed by atoms with Gasteiger partial charge in [-0.15, -0.1) is 0 Å². The van der Waals surface area contributed by atoms with Crippen molar-refractivity contribution in [1.82, 2.24) is 9.55 Å². The predicted octanol–water partition coefficient (Wildman–Crippen LogP) is 0.829. The lowest BCUT2D eigenvalue weighted by Crippen LogP contribution is -2.29. The Labute approximate surface area is 113 Å². The van der Waals surface area contributed by atoms with E-state index in [1.165, 1.54) is 17.9 Å². The Hall–Kier alpha value is -2.21. The Morgan fingerprint density at radius 2 is 2.16 bits per heavy atom. The molecule has 7 heteroatoms. The maximum atomic E-state index is 11.6. The summed E-state index contributed by atoms with van der Waals surface area (Å²) in [6, 6.07) is 5.19. The molecule has 0 aliphatic carbocycles. The van der Waals surface area contributed by atoms with Crippen LogP contribution in [0, 0.1) is 0 Å². The van der Waals surface area contributed by atoms with E-state index in [0.29, 0.717) is 11.4 Å². The Balaban J connectivity index is 2.36. The molecule has 2 rings (SSSR count). The number of nitrogens with zero attached hydrogens (tertiary/aromatic N) is 1. The van der Waals surface area contributed by atoms with Gasteiger partial charge < -0.3 is 10.5 Å². The van der Waals surface area contributed by atoms with Crippen molar-refractivity contribution in [2.45, 2.75) is 6.54 Å². The first kappa shape index (κ1) is 13.2. The summed E-state index contributed by atoms with van der Waals surface area (Å²) in [5.41, 5.74) is 5.93. The summed E-state index contributed by atoms with van der Waals surface area (Å²) in [4.78, 5) is 24.9. The standard InChI is InChI=1S/C12H12ClN3O3/c1-19-10-3-2-7(4-9(10)14)5-16-6-8(13)11(17)15-12(16)18/h2-4,6H,5,14H2,1H3,(H,15,17,18). The lowest BCUT2D eigenvalue weighted by molar-refractivity contribution is 0.417. The van der Waals surface area contributed by atoms with Crippen LogP contribution < -0.4 is 21.7 Å². The molecular formula is C12H12ClN3O3. The molecule has 0 spiro atoms. The van der Waals surface area contributed by atoms with Crippen LogP contribution in [0.1, 0.15) is 5.56 Å². The molecule has 1 aromatic carbocycles. The highest BCUT2D eigenvalue weighted by Crippen LogP contribution is 2.22. The van der Waals surface area contributed by atoms with Crippen molar-refractivity contribution in [2.75, 3.05) is 12.8 Å². The number of halogens is 1. The van der Waals surface area contributed by atoms with Crippen molar-refractivity contribution in [1.29, 1.82) is 0 Å². The predicted molar refractivity (Wildman–Crippen MR) is 72.8 cm³/mol. The van der Waals surface area contributed by atoms with Crippen molar-refractivity contribution in [3.8, 4) is 5.75 Å². The fraction of sp³-hybridized carbons (Fsp3) is 0.167. The molecule has 0 aliphatic rings. The van der Waals surface area contributed by atoms with E-state index in [4.69, 9.17) is 22.1 Å². The number of nitrogens with one attached hydrogen (secondary N) is 1. The highest BCUT2D eigenvalue weighted by molar-refractivity contribution is 6.30. The highest BCUT2D eigenvalue weighted by Gasteiger charge is 2.05. The molecule has 0 saturated heterocycles. The number of ether oxygens (including phenoxy) is 1. The summed E-state index contributed by atoms with van der Waals surface area (Å²) in [6.07, 6.45) is 1.29. The van der Waals surface area contributed by atoms with E-state index in [1.54, 1.807) is 18.2 Å². The van der Waals surface area contributed by atoms with Crippen molar-refractivity contribution in [2.24, 2.45) is 0 Å². The second kappa shape index (κ2) is 5.19. The third kappa shape index (κ3) is 2.79. The van der Waals surface area contributed by atoms with E-state index in [9.17, 15) is 9.59 Å². The second-order valence-electron chi connectivity index (χ2n) is 3.94. The maximum absolute atomic E-state index is 11.6. The van der Waals surface area contributed by atoms with Crippen molar-refractivity contribution >= 4 is 17.3 Å². The molecule has 0 amide bonds. The van der Waals surface area contributed by atoms with Crippen molar-refractivity contribution in [3.63, 3.8) is 0 Å². The van der Waals surface area contributed by atoms with Crippen LogP contribution in [0.5, 0.6) is 5.75 Å². The topological polar surface area (TPSA) is 90.1 Å². The molecule has 1 heterocycles. The molecule has 100 valence electrons. The average Bonchev–Trinajstić information content (AvgIpc) is 2.36. The van der Waals surface area contributed by atoms with Gasteiger partial charge in [-0.1, -0.05) is 17.7 Å². The van der Waals surface area contributed by atoms with Gasteiger partial charge in [0.15, 0.2) is 0 Å². The minimum absolute atomic E-state index is 0.0407. The number of H-pyrrole nitrogens is 1. The third-order valence-electron chi connectivity index (χ3n) is 2.61. The van der Waals surface area contributed by atoms with Crippen LogP contribution in [-0.4, -0.2) is 16.7 Å². The molecular weight excluding hydrogens is 270 g/mol. The van der Waals surface area contributed by atoms with Crippen LogP contribution in [0.15, 0.2) is 34.0 Å². The van der Waals surface area contributed by atoms with Crippen molar-refractivity contribution < 1.29 is 4.74 Å². The highest BCUT2D eigenvalue weighted by atomic mass is 35.5. The Bertz CT molecular complexity index is 721. The molecule has 2 aromatic rings. The van der Waals surface area contributed by atoms with Crippen LogP contribution in [-0.2, 0) is 6.54 Å². The van der Waals surface area contributed by atoms with Gasteiger partial charge in [0.05, 0.1) is 19.3 Å². The number of aromatic nitrogens is 2. The van der Waals surface area contributed by atoms with Gasteiger partial charge in [-0.05, 0) is 17.7 Å². The zero-order valence-corrected chi connectivity index (χ0v) is 10.9. The fourth-order valence-electron chi connectivity index (χ4n) is 1.68. The fourth-order valence-corrected chi connectivity index (χ4v) is 1.84. The zero-order valence-electron chi connectivity index (χ0n) is 10.1. The molecule has 0 unspecified atom stereocenters. The molecule has 6 nitrogen and oxygen atoms in total. The van der Waals surface area contributed by atoms with Crippen molar-refractivity contribution in [3.05, 3.63) is 55.8 Å². The minimum atomic E-state index is -0.600. The smallest absolute Gasteiger partial charge is 0.328 e. The number of anilines is 1. The number of nitrogens with two attached hydrogens (primary N) is 1. The summed E-state index contributed by atoms with van der Waals surface area (Å²) in [5, 5.41) is -0.0407. The van der Waals surface area contributed by atoms with E-state index in [-0.39, 0.29) is 11.6 Å². The molecule has 3 N–H and O–H groups in total. The number of methoxy groups -OCH3 is 1. The van der Waals surface area contributed by atoms with Crippen LogP contribution in [0.3, 0.4) is 0 Å². The van der Waals surface area contributed by atoms with E-state index >= 15 is 0 Å². The van der Waals surface area contributed by atoms with Gasteiger partial charge in [0.25, 0.3) is 5.56 Å². The normalized spacial score (nSPS) is 10.4. The van der Waals surface area contributed by atoms with Gasteiger partial charge in [-0.25, -0.2) is 4.79 Å². The number of benzene rings is 1. The molecule has 0 fully saturated rings. The summed E-state index contributed by atoms with van der Waals surface area (Å²) in [6.45, 7) is 0.253. The van der Waals surface area contributed by atoms with E-state index in [0.717, 1.165) is 5.56 Å². The van der Waals surface area contributed by atoms with E-state index in [1.807, 2.05) is 0 Å². The van der Waals surface area contributed by atoms with Gasteiger partial charge >= 0.3 is 5.69 Å². The Kier molecular flexibility index (Phi) is 3.62. The first-order valence-electron chi connectivity index (χ1n) is 5.43. The van der Waals surface area contributed by atoms with Gasteiger partial charge in [0, 0.05) is 6.20 Å². The summed E-state index contributed by atoms with van der Waals surface area (Å²) in [7, 11) is 1.53. The molecule has 1 aromatic heterocycles. The lowest BCUT2D eigenvalue weighted by Gasteiger charge is -2.09. The van der Waals surface area contributed by atoms with Crippen LogP contribution >= 0.6 is 11.6 Å². The number of hydrogen-bond donors (Lipinski definition) is 2. The zero-order chi connectivity index (χ0) is 14.0. The van der Waals surface area contributed by atoms with Gasteiger partial charge in [-0.2, -0.15) is 0 Å². The largest absolute Gasteiger partial charge is 0.495 e. The summed E-state index contributed by atoms with van der Waals surface area (Å²) in [5.74, 6) is 0.565. The van der Waals surface area contributed by atoms with Gasteiger partial charge in [0.2, 0.25) is 0 Å². The molecule has 0 radical (unpaired) electrons. The summed E-state index contributed by atoms with van der Waals surface area (Å²) >= 11 is 5.68. The lowest BCUT2D eigenvalue weighted by atomic mass is 10.2. The van der Waals surface area contributed by atoms with E-state index in [2.05, 4.69) is 4.98 Å². The van der Waals surface area contributed by atoms with Gasteiger partial charge in [-0.3, -0.25) is 14.3 Å². The first-order chi connectivity index (χ1) is 9.01. The second-order valence-corrected chi connectivity index (χ2v) is 4.35.